The van der Waals surface area contributed by atoms with Crippen LogP contribution in [0.1, 0.15) is 20.8 Å². The van der Waals surface area contributed by atoms with Crippen molar-refractivity contribution in [2.75, 3.05) is 6.61 Å². The third kappa shape index (κ3) is 4.78. The molecule has 0 radical (unpaired) electrons. The van der Waals surface area contributed by atoms with Gasteiger partial charge in [0.15, 0.2) is 6.10 Å². The molecule has 0 amide bonds. The molecule has 2 atom stereocenters. The second-order valence-corrected chi connectivity index (χ2v) is 4.04. The summed E-state index contributed by atoms with van der Waals surface area (Å²) in [7, 11) is 0. The molecule has 0 aliphatic rings. The minimum Gasteiger partial charge on any atom is -0.395 e. The lowest BCUT2D eigenvalue weighted by atomic mass is 10.1. The molecule has 0 aromatic heterocycles. The molecule has 0 aromatic rings. The third-order valence-corrected chi connectivity index (χ3v) is 1.40. The Labute approximate surface area is 81.0 Å². The van der Waals surface area contributed by atoms with Gasteiger partial charge in [0.1, 0.15) is 0 Å². The van der Waals surface area contributed by atoms with Gasteiger partial charge < -0.3 is 15.6 Å². The van der Waals surface area contributed by atoms with Gasteiger partial charge in [0.25, 0.3) is 0 Å². The molecule has 6 heteroatoms. The number of aliphatic hydroxyl groups is 1. The van der Waals surface area contributed by atoms with E-state index in [0.29, 0.717) is 0 Å². The van der Waals surface area contributed by atoms with Gasteiger partial charge in [-0.1, -0.05) is 0 Å². The third-order valence-electron chi connectivity index (χ3n) is 1.40. The van der Waals surface area contributed by atoms with Gasteiger partial charge in [-0.2, -0.15) is 13.2 Å². The molecule has 0 bridgehead atoms. The molecular formula is C8H16F3NO2. The maximum atomic E-state index is 12.4. The Morgan fingerprint density at radius 2 is 1.71 bits per heavy atom. The van der Waals surface area contributed by atoms with Gasteiger partial charge in [0.05, 0.1) is 18.2 Å². The van der Waals surface area contributed by atoms with Gasteiger partial charge in [-0.25, -0.2) is 0 Å². The lowest BCUT2D eigenvalue weighted by Gasteiger charge is -2.31. The van der Waals surface area contributed by atoms with Crippen LogP contribution in [0.3, 0.4) is 0 Å². The van der Waals surface area contributed by atoms with Crippen LogP contribution >= 0.6 is 0 Å². The normalized spacial score (nSPS) is 18.0. The van der Waals surface area contributed by atoms with Crippen LogP contribution in [-0.2, 0) is 4.74 Å². The van der Waals surface area contributed by atoms with Crippen molar-refractivity contribution < 1.29 is 23.0 Å². The van der Waals surface area contributed by atoms with Gasteiger partial charge in [0, 0.05) is 0 Å². The first-order valence-electron chi connectivity index (χ1n) is 4.19. The number of alkyl halides is 3. The van der Waals surface area contributed by atoms with E-state index in [2.05, 4.69) is 0 Å². The Balaban J connectivity index is 4.58. The second kappa shape index (κ2) is 4.46. The van der Waals surface area contributed by atoms with E-state index in [1.807, 2.05) is 0 Å². The highest BCUT2D eigenvalue weighted by molar-refractivity contribution is 4.82. The highest BCUT2D eigenvalue weighted by atomic mass is 19.4. The summed E-state index contributed by atoms with van der Waals surface area (Å²) in [4.78, 5) is 0. The van der Waals surface area contributed by atoms with E-state index in [-0.39, 0.29) is 0 Å². The van der Waals surface area contributed by atoms with Crippen molar-refractivity contribution in [2.45, 2.75) is 44.7 Å². The second-order valence-electron chi connectivity index (χ2n) is 4.04. The van der Waals surface area contributed by atoms with E-state index >= 15 is 0 Å². The first kappa shape index (κ1) is 13.7. The zero-order valence-corrected chi connectivity index (χ0v) is 8.43. The van der Waals surface area contributed by atoms with Crippen molar-refractivity contribution in [3.63, 3.8) is 0 Å². The van der Waals surface area contributed by atoms with Gasteiger partial charge >= 0.3 is 6.18 Å². The Morgan fingerprint density at radius 1 is 1.29 bits per heavy atom. The van der Waals surface area contributed by atoms with Crippen LogP contribution in [0.15, 0.2) is 0 Å². The Hall–Kier alpha value is -0.330. The summed E-state index contributed by atoms with van der Waals surface area (Å²) in [6.07, 6.45) is -6.69. The number of aliphatic hydroxyl groups excluding tert-OH is 1. The van der Waals surface area contributed by atoms with Gasteiger partial charge in [-0.05, 0) is 20.8 Å². The maximum Gasteiger partial charge on any atom is 0.416 e. The van der Waals surface area contributed by atoms with Gasteiger partial charge in [0.2, 0.25) is 0 Å². The molecule has 14 heavy (non-hydrogen) atoms. The monoisotopic (exact) mass is 215 g/mol. The molecule has 0 unspecified atom stereocenters. The van der Waals surface area contributed by atoms with E-state index in [1.165, 1.54) is 20.8 Å². The lowest BCUT2D eigenvalue weighted by Crippen LogP contribution is -2.51. The van der Waals surface area contributed by atoms with Crippen molar-refractivity contribution in [2.24, 2.45) is 5.73 Å². The molecule has 0 aliphatic heterocycles. The first-order chi connectivity index (χ1) is 6.08. The summed E-state index contributed by atoms with van der Waals surface area (Å²) in [5.41, 5.74) is 4.16. The Kier molecular flexibility index (Phi) is 4.35. The zero-order chi connectivity index (χ0) is 11.6. The molecule has 0 aromatic carbocycles. The van der Waals surface area contributed by atoms with E-state index in [4.69, 9.17) is 15.6 Å². The van der Waals surface area contributed by atoms with Gasteiger partial charge in [-0.15, -0.1) is 0 Å². The molecule has 3 N–H and O–H groups in total. The molecular weight excluding hydrogens is 199 g/mol. The van der Waals surface area contributed by atoms with E-state index in [1.54, 1.807) is 0 Å². The molecule has 0 aliphatic carbocycles. The summed E-state index contributed by atoms with van der Waals surface area (Å²) < 4.78 is 41.9. The number of nitrogens with two attached hydrogens (primary N) is 1. The van der Waals surface area contributed by atoms with E-state index < -0.39 is 30.5 Å². The molecule has 0 heterocycles. The smallest absolute Gasteiger partial charge is 0.395 e. The standard InChI is InChI=1S/C8H16F3NO2/c1-7(2,3)14-6(5(12)4-13)8(9,10)11/h5-6,13H,4,12H2,1-3H3/t5-,6-/m1/s1. The molecule has 0 saturated heterocycles. The topological polar surface area (TPSA) is 55.5 Å². The number of hydrogen-bond acceptors (Lipinski definition) is 3. The van der Waals surface area contributed by atoms with Crippen LogP contribution in [0, 0.1) is 0 Å². The van der Waals surface area contributed by atoms with Crippen LogP contribution in [0.25, 0.3) is 0 Å². The molecule has 0 fully saturated rings. The predicted molar refractivity (Wildman–Crippen MR) is 45.7 cm³/mol. The van der Waals surface area contributed by atoms with Crippen LogP contribution in [-0.4, -0.2) is 35.6 Å². The largest absolute Gasteiger partial charge is 0.416 e. The zero-order valence-electron chi connectivity index (χ0n) is 8.43. The van der Waals surface area contributed by atoms with Crippen LogP contribution < -0.4 is 5.73 Å². The number of halogens is 3. The fourth-order valence-electron chi connectivity index (χ4n) is 0.874. The van der Waals surface area contributed by atoms with Crippen LogP contribution in [0.5, 0.6) is 0 Å². The number of hydrogen-bond donors (Lipinski definition) is 2. The van der Waals surface area contributed by atoms with Crippen molar-refractivity contribution >= 4 is 0 Å². The Bertz CT molecular complexity index is 176. The fraction of sp³-hybridized carbons (Fsp3) is 1.00. The predicted octanol–water partition coefficient (Wildman–Crippen LogP) is 1.05. The summed E-state index contributed by atoms with van der Waals surface area (Å²) >= 11 is 0. The molecule has 0 rings (SSSR count). The maximum absolute atomic E-state index is 12.4. The van der Waals surface area contributed by atoms with Crippen LogP contribution in [0.2, 0.25) is 0 Å². The highest BCUT2D eigenvalue weighted by Gasteiger charge is 2.46. The number of rotatable bonds is 3. The minimum atomic E-state index is -4.56. The SMILES string of the molecule is CC(C)(C)O[C@H]([C@H](N)CO)C(F)(F)F. The van der Waals surface area contributed by atoms with Crippen molar-refractivity contribution in [3.8, 4) is 0 Å². The highest BCUT2D eigenvalue weighted by Crippen LogP contribution is 2.28. The van der Waals surface area contributed by atoms with Crippen molar-refractivity contribution in [3.05, 3.63) is 0 Å². The Morgan fingerprint density at radius 3 is 1.93 bits per heavy atom. The fourth-order valence-corrected chi connectivity index (χ4v) is 0.874. The molecule has 0 saturated carbocycles. The van der Waals surface area contributed by atoms with Crippen LogP contribution in [0.4, 0.5) is 13.2 Å². The average Bonchev–Trinajstić information content (AvgIpc) is 1.95. The minimum absolute atomic E-state index is 0.764. The first-order valence-corrected chi connectivity index (χ1v) is 4.19. The molecule has 86 valence electrons. The molecule has 3 nitrogen and oxygen atoms in total. The van der Waals surface area contributed by atoms with E-state index in [0.717, 1.165) is 0 Å². The summed E-state index contributed by atoms with van der Waals surface area (Å²) in [6, 6.07) is -1.45. The molecule has 0 spiro atoms. The van der Waals surface area contributed by atoms with Crippen molar-refractivity contribution in [1.82, 2.24) is 0 Å². The quantitative estimate of drug-likeness (QED) is 0.740. The summed E-state index contributed by atoms with van der Waals surface area (Å²) in [5, 5.41) is 8.56. The van der Waals surface area contributed by atoms with Gasteiger partial charge in [-0.3, -0.25) is 0 Å². The van der Waals surface area contributed by atoms with Crippen molar-refractivity contribution in [1.29, 1.82) is 0 Å². The number of ether oxygens (including phenoxy) is 1. The van der Waals surface area contributed by atoms with E-state index in [9.17, 15) is 13.2 Å². The average molecular weight is 215 g/mol. The summed E-state index contributed by atoms with van der Waals surface area (Å²) in [6.45, 7) is 3.72. The lowest BCUT2D eigenvalue weighted by molar-refractivity contribution is -0.253. The summed E-state index contributed by atoms with van der Waals surface area (Å²) in [5.74, 6) is 0.